The van der Waals surface area contributed by atoms with Crippen molar-refractivity contribution in [2.75, 3.05) is 0 Å². The van der Waals surface area contributed by atoms with E-state index in [9.17, 15) is 0 Å². The quantitative estimate of drug-likeness (QED) is 0.542. The van der Waals surface area contributed by atoms with E-state index in [-0.39, 0.29) is 0 Å². The summed E-state index contributed by atoms with van der Waals surface area (Å²) in [7, 11) is 0. The van der Waals surface area contributed by atoms with Crippen LogP contribution in [-0.2, 0) is 6.42 Å². The van der Waals surface area contributed by atoms with E-state index < -0.39 is 0 Å². The van der Waals surface area contributed by atoms with Crippen LogP contribution >= 0.6 is 0 Å². The van der Waals surface area contributed by atoms with Crippen molar-refractivity contribution in [1.82, 2.24) is 0 Å². The van der Waals surface area contributed by atoms with Gasteiger partial charge in [0.05, 0.1) is 11.1 Å². The summed E-state index contributed by atoms with van der Waals surface area (Å²) in [5, 5.41) is 0. The highest BCUT2D eigenvalue weighted by Crippen LogP contribution is 2.39. The lowest BCUT2D eigenvalue weighted by Gasteiger charge is -2.09. The molecule has 2 rings (SSSR count). The maximum absolute atomic E-state index is 2.28. The summed E-state index contributed by atoms with van der Waals surface area (Å²) in [6.45, 7) is 11.3. The molecule has 0 fully saturated rings. The molecule has 0 saturated carbocycles. The van der Waals surface area contributed by atoms with Gasteiger partial charge in [0.1, 0.15) is 5.56 Å². The lowest BCUT2D eigenvalue weighted by molar-refractivity contribution is 0.935. The Morgan fingerprint density at radius 3 is 2.07 bits per heavy atom. The molecule has 0 heteroatoms. The molecule has 0 bridgehead atoms. The summed E-state index contributed by atoms with van der Waals surface area (Å²) < 4.78 is 0. The van der Waals surface area contributed by atoms with E-state index in [4.69, 9.17) is 0 Å². The van der Waals surface area contributed by atoms with E-state index in [1.165, 1.54) is 35.1 Å². The molecule has 0 saturated heterocycles. The van der Waals surface area contributed by atoms with Gasteiger partial charge in [-0.05, 0) is 26.3 Å². The van der Waals surface area contributed by atoms with Gasteiger partial charge in [0.15, 0.2) is 0 Å². The summed E-state index contributed by atoms with van der Waals surface area (Å²) in [6, 6.07) is 0. The predicted octanol–water partition coefficient (Wildman–Crippen LogP) is 3.81. The Balaban J connectivity index is 2.77. The van der Waals surface area contributed by atoms with Crippen LogP contribution in [0.4, 0.5) is 0 Å². The molecule has 0 unspecified atom stereocenters. The van der Waals surface area contributed by atoms with Gasteiger partial charge < -0.3 is 0 Å². The Kier molecular flexibility index (Phi) is 2.10. The molecule has 1 aromatic rings. The smallest absolute Gasteiger partial charge is 0.0369 e. The third-order valence-electron chi connectivity index (χ3n) is 3.99. The molecule has 0 nitrogen and oxygen atoms in total. The van der Waals surface area contributed by atoms with Crippen LogP contribution in [-0.4, -0.2) is 0 Å². The molecular weight excluding hydrogens is 168 g/mol. The van der Waals surface area contributed by atoms with Gasteiger partial charge in [-0.15, -0.1) is 0 Å². The van der Waals surface area contributed by atoms with E-state index in [0.717, 1.165) is 0 Å². The molecule has 14 heavy (non-hydrogen) atoms. The van der Waals surface area contributed by atoms with Crippen molar-refractivity contribution in [3.05, 3.63) is 39.3 Å². The van der Waals surface area contributed by atoms with Gasteiger partial charge in [0.25, 0.3) is 0 Å². The first kappa shape index (κ1) is 9.64. The molecule has 0 aliphatic heterocycles. The second kappa shape index (κ2) is 3.05. The normalized spacial score (nSPS) is 14.8. The Hall–Kier alpha value is -0.910. The summed E-state index contributed by atoms with van der Waals surface area (Å²) in [4.78, 5) is 0. The van der Waals surface area contributed by atoms with Gasteiger partial charge in [0.2, 0.25) is 0 Å². The van der Waals surface area contributed by atoms with Crippen LogP contribution in [0.15, 0.2) is 0 Å². The fraction of sp³-hybridized carbons (Fsp3) is 0.500. The molecule has 1 aliphatic rings. The molecule has 74 valence electrons. The molecule has 0 aromatic heterocycles. The number of hydrogen-bond donors (Lipinski definition) is 0. The van der Waals surface area contributed by atoms with Crippen molar-refractivity contribution in [3.63, 3.8) is 0 Å². The van der Waals surface area contributed by atoms with Gasteiger partial charge in [-0.25, -0.2) is 0 Å². The fourth-order valence-corrected chi connectivity index (χ4v) is 2.72. The molecule has 0 heterocycles. The van der Waals surface area contributed by atoms with Gasteiger partial charge in [-0.2, -0.15) is 0 Å². The summed E-state index contributed by atoms with van der Waals surface area (Å²) >= 11 is 0. The lowest BCUT2D eigenvalue weighted by Crippen LogP contribution is -2.01. The average molecular weight is 187 g/mol. The van der Waals surface area contributed by atoms with Crippen LogP contribution in [0.5, 0.6) is 0 Å². The van der Waals surface area contributed by atoms with Crippen LogP contribution in [0.1, 0.15) is 46.7 Å². The molecule has 0 atom stereocenters. The van der Waals surface area contributed by atoms with Crippen molar-refractivity contribution in [3.8, 4) is 0 Å². The highest BCUT2D eigenvalue weighted by molar-refractivity contribution is 5.57. The van der Waals surface area contributed by atoms with Crippen LogP contribution < -0.4 is 0 Å². The second-order valence-electron chi connectivity index (χ2n) is 4.63. The molecule has 0 amide bonds. The minimum absolute atomic E-state index is 1.26. The molecular formula is C14H19+. The van der Waals surface area contributed by atoms with Crippen LogP contribution in [0.25, 0.3) is 0 Å². The SMILES string of the molecule is Cc1c(C)c(C)c2c(c1C)CC[C+]2C. The van der Waals surface area contributed by atoms with Crippen molar-refractivity contribution in [2.24, 2.45) is 0 Å². The van der Waals surface area contributed by atoms with Gasteiger partial charge in [-0.1, -0.05) is 0 Å². The summed E-state index contributed by atoms with van der Waals surface area (Å²) in [5.41, 5.74) is 9.21. The monoisotopic (exact) mass is 187 g/mol. The molecule has 1 aromatic carbocycles. The predicted molar refractivity (Wildman–Crippen MR) is 61.7 cm³/mol. The molecule has 0 N–H and O–H groups in total. The third kappa shape index (κ3) is 1.10. The first-order chi connectivity index (χ1) is 6.54. The summed E-state index contributed by atoms with van der Waals surface area (Å²) in [5.74, 6) is 1.59. The number of rotatable bonds is 0. The largest absolute Gasteiger partial charge is 0.138 e. The maximum atomic E-state index is 2.28. The zero-order valence-electron chi connectivity index (χ0n) is 9.91. The Morgan fingerprint density at radius 2 is 1.43 bits per heavy atom. The van der Waals surface area contributed by atoms with E-state index in [1.54, 1.807) is 17.0 Å². The molecule has 0 radical (unpaired) electrons. The third-order valence-corrected chi connectivity index (χ3v) is 3.99. The second-order valence-corrected chi connectivity index (χ2v) is 4.63. The molecule has 0 spiro atoms. The topological polar surface area (TPSA) is 0 Å². The maximum Gasteiger partial charge on any atom is 0.138 e. The van der Waals surface area contributed by atoms with Crippen molar-refractivity contribution in [1.29, 1.82) is 0 Å². The van der Waals surface area contributed by atoms with Crippen LogP contribution in [0.3, 0.4) is 0 Å². The lowest BCUT2D eigenvalue weighted by atomic mass is 9.88. The Labute approximate surface area is 87.3 Å². The number of hydrogen-bond acceptors (Lipinski definition) is 0. The summed E-state index contributed by atoms with van der Waals surface area (Å²) in [6.07, 6.45) is 2.52. The van der Waals surface area contributed by atoms with Crippen LogP contribution in [0.2, 0.25) is 0 Å². The van der Waals surface area contributed by atoms with E-state index in [0.29, 0.717) is 0 Å². The number of benzene rings is 1. The van der Waals surface area contributed by atoms with Crippen molar-refractivity contribution >= 4 is 0 Å². The van der Waals surface area contributed by atoms with Gasteiger partial charge in [0, 0.05) is 43.7 Å². The Bertz CT molecular complexity index is 386. The average Bonchev–Trinajstić information content (AvgIpc) is 2.54. The fourth-order valence-electron chi connectivity index (χ4n) is 2.72. The standard InChI is InChI=1S/C14H19/c1-8-6-7-13-11(4)9(2)10(3)12(5)14(8)13/h6-7H2,1-5H3/q+1. The minimum Gasteiger partial charge on any atom is -0.0369 e. The highest BCUT2D eigenvalue weighted by Gasteiger charge is 2.33. The number of fused-ring (bicyclic) bond motifs is 1. The highest BCUT2D eigenvalue weighted by atomic mass is 14.3. The van der Waals surface area contributed by atoms with Crippen molar-refractivity contribution < 1.29 is 0 Å². The van der Waals surface area contributed by atoms with E-state index in [1.807, 2.05) is 0 Å². The Morgan fingerprint density at radius 1 is 0.857 bits per heavy atom. The molecule has 1 aliphatic carbocycles. The zero-order chi connectivity index (χ0) is 10.5. The van der Waals surface area contributed by atoms with Crippen molar-refractivity contribution in [2.45, 2.75) is 47.5 Å². The minimum atomic E-state index is 1.26. The van der Waals surface area contributed by atoms with Gasteiger partial charge in [-0.3, -0.25) is 0 Å². The van der Waals surface area contributed by atoms with E-state index >= 15 is 0 Å². The van der Waals surface area contributed by atoms with Crippen LogP contribution in [0, 0.1) is 33.6 Å². The zero-order valence-corrected chi connectivity index (χ0v) is 9.91. The van der Waals surface area contributed by atoms with E-state index in [2.05, 4.69) is 34.6 Å². The van der Waals surface area contributed by atoms with Gasteiger partial charge >= 0.3 is 0 Å². The first-order valence-electron chi connectivity index (χ1n) is 5.46. The first-order valence-corrected chi connectivity index (χ1v) is 5.46.